The van der Waals surface area contributed by atoms with Gasteiger partial charge in [-0.15, -0.1) is 0 Å². The van der Waals surface area contributed by atoms with Crippen LogP contribution in [0, 0.1) is 18.3 Å². The standard InChI is InChI=1S/C8H6BN/c1-6-4-7(5-10)2-3-8(6)9/h2-4H,1H3. The Morgan fingerprint density at radius 2 is 2.20 bits per heavy atom. The van der Waals surface area contributed by atoms with Crippen LogP contribution in [0.5, 0.6) is 0 Å². The highest BCUT2D eigenvalue weighted by Gasteiger charge is 1.92. The van der Waals surface area contributed by atoms with E-state index in [-0.39, 0.29) is 0 Å². The number of hydrogen-bond acceptors (Lipinski definition) is 1. The van der Waals surface area contributed by atoms with E-state index >= 15 is 0 Å². The first-order chi connectivity index (χ1) is 4.74. The Balaban J connectivity index is 3.20. The summed E-state index contributed by atoms with van der Waals surface area (Å²) in [5.41, 5.74) is 2.35. The van der Waals surface area contributed by atoms with Crippen LogP contribution in [-0.2, 0) is 0 Å². The Hall–Kier alpha value is -1.23. The second kappa shape index (κ2) is 2.57. The van der Waals surface area contributed by atoms with E-state index in [0.717, 1.165) is 11.0 Å². The molecular formula is C8H6BN. The lowest BCUT2D eigenvalue weighted by molar-refractivity contribution is 1.45. The van der Waals surface area contributed by atoms with Gasteiger partial charge in [-0.05, 0) is 19.1 Å². The first-order valence-corrected chi connectivity index (χ1v) is 3.00. The summed E-state index contributed by atoms with van der Waals surface area (Å²) in [7, 11) is 5.53. The Morgan fingerprint density at radius 1 is 1.50 bits per heavy atom. The molecular weight excluding hydrogens is 121 g/mol. The third-order valence-electron chi connectivity index (χ3n) is 1.40. The molecule has 0 spiro atoms. The van der Waals surface area contributed by atoms with Gasteiger partial charge >= 0.3 is 0 Å². The molecule has 0 heterocycles. The SMILES string of the molecule is [B]c1ccc(C#N)cc1C. The van der Waals surface area contributed by atoms with Gasteiger partial charge in [0.2, 0.25) is 0 Å². The van der Waals surface area contributed by atoms with Gasteiger partial charge < -0.3 is 0 Å². The van der Waals surface area contributed by atoms with Crippen LogP contribution in [0.25, 0.3) is 0 Å². The minimum atomic E-state index is 0.659. The number of rotatable bonds is 0. The Bertz CT molecular complexity index is 286. The molecule has 0 bridgehead atoms. The summed E-state index contributed by atoms with van der Waals surface area (Å²) < 4.78 is 0. The lowest BCUT2D eigenvalue weighted by Gasteiger charge is -1.97. The van der Waals surface area contributed by atoms with E-state index in [2.05, 4.69) is 0 Å². The summed E-state index contributed by atoms with van der Waals surface area (Å²) in [4.78, 5) is 0. The molecule has 0 fully saturated rings. The van der Waals surface area contributed by atoms with Crippen molar-refractivity contribution in [2.45, 2.75) is 6.92 Å². The van der Waals surface area contributed by atoms with E-state index < -0.39 is 0 Å². The van der Waals surface area contributed by atoms with Gasteiger partial charge in [-0.1, -0.05) is 17.1 Å². The van der Waals surface area contributed by atoms with Crippen molar-refractivity contribution in [3.8, 4) is 6.07 Å². The van der Waals surface area contributed by atoms with E-state index in [4.69, 9.17) is 13.1 Å². The Morgan fingerprint density at radius 3 is 2.70 bits per heavy atom. The summed E-state index contributed by atoms with van der Waals surface area (Å²) in [5, 5.41) is 8.46. The van der Waals surface area contributed by atoms with Crippen LogP contribution in [0.2, 0.25) is 0 Å². The highest BCUT2D eigenvalue weighted by atomic mass is 14.2. The predicted molar refractivity (Wildman–Crippen MR) is 41.3 cm³/mol. The highest BCUT2D eigenvalue weighted by molar-refractivity contribution is 6.33. The predicted octanol–water partition coefficient (Wildman–Crippen LogP) is 0.660. The summed E-state index contributed by atoms with van der Waals surface area (Å²) in [5.74, 6) is 0. The molecule has 0 N–H and O–H groups in total. The van der Waals surface area contributed by atoms with Crippen LogP contribution in [0.4, 0.5) is 0 Å². The van der Waals surface area contributed by atoms with Crippen molar-refractivity contribution in [1.29, 1.82) is 5.26 Å². The van der Waals surface area contributed by atoms with Crippen molar-refractivity contribution in [3.05, 3.63) is 29.3 Å². The Kier molecular flexibility index (Phi) is 1.77. The van der Waals surface area contributed by atoms with Gasteiger partial charge in [0, 0.05) is 0 Å². The fraction of sp³-hybridized carbons (Fsp3) is 0.125. The molecule has 0 aliphatic rings. The molecule has 1 aromatic carbocycles. The molecule has 0 unspecified atom stereocenters. The van der Waals surface area contributed by atoms with E-state index in [1.165, 1.54) is 0 Å². The van der Waals surface area contributed by atoms with Crippen molar-refractivity contribution in [2.75, 3.05) is 0 Å². The van der Waals surface area contributed by atoms with Gasteiger partial charge in [-0.25, -0.2) is 0 Å². The quantitative estimate of drug-likeness (QED) is 0.469. The molecule has 0 aliphatic heterocycles. The lowest BCUT2D eigenvalue weighted by Crippen LogP contribution is -2.05. The molecule has 0 saturated carbocycles. The van der Waals surface area contributed by atoms with Gasteiger partial charge in [-0.3, -0.25) is 0 Å². The van der Waals surface area contributed by atoms with Gasteiger partial charge in [0.05, 0.1) is 11.6 Å². The monoisotopic (exact) mass is 127 g/mol. The molecule has 1 rings (SSSR count). The van der Waals surface area contributed by atoms with Crippen molar-refractivity contribution in [2.24, 2.45) is 0 Å². The lowest BCUT2D eigenvalue weighted by atomic mass is 9.90. The zero-order valence-electron chi connectivity index (χ0n) is 5.76. The smallest absolute Gasteiger partial charge is 0.114 e. The molecule has 0 aliphatic carbocycles. The summed E-state index contributed by atoms with van der Waals surface area (Å²) >= 11 is 0. The molecule has 46 valence electrons. The molecule has 0 saturated heterocycles. The fourth-order valence-corrected chi connectivity index (χ4v) is 0.745. The average molecular weight is 127 g/mol. The summed E-state index contributed by atoms with van der Waals surface area (Å²) in [6, 6.07) is 7.27. The average Bonchev–Trinajstić information content (AvgIpc) is 1.95. The molecule has 1 nitrogen and oxygen atoms in total. The number of hydrogen-bond donors (Lipinski definition) is 0. The molecule has 2 radical (unpaired) electrons. The number of nitriles is 1. The van der Waals surface area contributed by atoms with E-state index in [1.54, 1.807) is 18.2 Å². The topological polar surface area (TPSA) is 23.8 Å². The maximum atomic E-state index is 8.46. The molecule has 0 aromatic heterocycles. The van der Waals surface area contributed by atoms with Gasteiger partial charge in [0.1, 0.15) is 7.85 Å². The van der Waals surface area contributed by atoms with Gasteiger partial charge in [0.15, 0.2) is 0 Å². The van der Waals surface area contributed by atoms with Crippen molar-refractivity contribution < 1.29 is 0 Å². The van der Waals surface area contributed by atoms with Crippen LogP contribution in [0.15, 0.2) is 18.2 Å². The van der Waals surface area contributed by atoms with E-state index in [0.29, 0.717) is 5.56 Å². The maximum Gasteiger partial charge on any atom is 0.114 e. The first-order valence-electron chi connectivity index (χ1n) is 3.00. The third kappa shape index (κ3) is 1.19. The Labute approximate surface area is 61.7 Å². The van der Waals surface area contributed by atoms with Gasteiger partial charge in [0.25, 0.3) is 0 Å². The largest absolute Gasteiger partial charge is 0.192 e. The minimum absolute atomic E-state index is 0.659. The minimum Gasteiger partial charge on any atom is -0.192 e. The fourth-order valence-electron chi connectivity index (χ4n) is 0.745. The molecule has 0 amide bonds. The van der Waals surface area contributed by atoms with Gasteiger partial charge in [-0.2, -0.15) is 5.26 Å². The zero-order chi connectivity index (χ0) is 7.56. The molecule has 2 heteroatoms. The van der Waals surface area contributed by atoms with Crippen LogP contribution in [-0.4, -0.2) is 7.85 Å². The van der Waals surface area contributed by atoms with Crippen LogP contribution in [0.1, 0.15) is 11.1 Å². The molecule has 10 heavy (non-hydrogen) atoms. The number of aryl methyl sites for hydroxylation is 1. The second-order valence-corrected chi connectivity index (χ2v) is 2.18. The van der Waals surface area contributed by atoms with Crippen LogP contribution in [0.3, 0.4) is 0 Å². The third-order valence-corrected chi connectivity index (χ3v) is 1.40. The number of nitrogens with zero attached hydrogens (tertiary/aromatic N) is 1. The zero-order valence-corrected chi connectivity index (χ0v) is 5.76. The summed E-state index contributed by atoms with van der Waals surface area (Å²) in [6.07, 6.45) is 0. The highest BCUT2D eigenvalue weighted by Crippen LogP contribution is 1.98. The molecule has 0 atom stereocenters. The number of benzene rings is 1. The van der Waals surface area contributed by atoms with E-state index in [9.17, 15) is 0 Å². The first kappa shape index (κ1) is 6.89. The summed E-state index contributed by atoms with van der Waals surface area (Å²) in [6.45, 7) is 1.89. The van der Waals surface area contributed by atoms with E-state index in [1.807, 2.05) is 13.0 Å². The second-order valence-electron chi connectivity index (χ2n) is 2.18. The van der Waals surface area contributed by atoms with Crippen LogP contribution >= 0.6 is 0 Å². The maximum absolute atomic E-state index is 8.46. The van der Waals surface area contributed by atoms with Crippen molar-refractivity contribution >= 4 is 13.3 Å². The normalized spacial score (nSPS) is 8.80. The van der Waals surface area contributed by atoms with Crippen LogP contribution < -0.4 is 5.46 Å². The van der Waals surface area contributed by atoms with Crippen molar-refractivity contribution in [3.63, 3.8) is 0 Å². The molecule has 1 aromatic rings. The van der Waals surface area contributed by atoms with Crippen molar-refractivity contribution in [1.82, 2.24) is 0 Å².